The van der Waals surface area contributed by atoms with E-state index in [0.717, 1.165) is 0 Å². The van der Waals surface area contributed by atoms with E-state index in [1.807, 2.05) is 0 Å². The molecule has 0 rings (SSSR count). The highest BCUT2D eigenvalue weighted by Gasteiger charge is 2.85. The van der Waals surface area contributed by atoms with Gasteiger partial charge in [-0.25, -0.2) is 13.9 Å². The molecule has 1 atom stereocenters. The Morgan fingerprint density at radius 3 is 1.42 bits per heavy atom. The molecule has 0 amide bonds. The van der Waals surface area contributed by atoms with Crippen LogP contribution in [0.3, 0.4) is 0 Å². The van der Waals surface area contributed by atoms with Crippen LogP contribution >= 0.6 is 0 Å². The van der Waals surface area contributed by atoms with E-state index >= 15 is 0 Å². The predicted octanol–water partition coefficient (Wildman–Crippen LogP) is 4.57. The number of aliphatic hydroxyl groups excluding tert-OH is 1. The van der Waals surface area contributed by atoms with Crippen LogP contribution in [0.15, 0.2) is 0 Å². The summed E-state index contributed by atoms with van der Waals surface area (Å²) in [6, 6.07) is 0. The average Bonchev–Trinajstić information content (AvgIpc) is 2.50. The van der Waals surface area contributed by atoms with Crippen LogP contribution in [0.1, 0.15) is 0 Å². The van der Waals surface area contributed by atoms with Crippen LogP contribution in [-0.4, -0.2) is 73.6 Å². The fourth-order valence-corrected chi connectivity index (χ4v) is 1.28. The van der Waals surface area contributed by atoms with Gasteiger partial charge < -0.3 is 9.84 Å². The first kappa shape index (κ1) is 29.7. The normalized spacial score (nSPS) is 16.5. The van der Waals surface area contributed by atoms with Gasteiger partial charge in [-0.15, -0.1) is 0 Å². The van der Waals surface area contributed by atoms with Crippen LogP contribution in [-0.2, 0) is 14.2 Å². The van der Waals surface area contributed by atoms with Crippen LogP contribution in [0.4, 0.5) is 70.2 Å². The molecule has 0 radical (unpaired) electrons. The second-order valence-corrected chi connectivity index (χ2v) is 5.33. The van der Waals surface area contributed by atoms with Crippen molar-refractivity contribution in [2.45, 2.75) is 48.6 Å². The molecule has 0 aliphatic rings. The lowest BCUT2D eigenvalue weighted by Gasteiger charge is -2.36. The number of aliphatic hydroxyl groups is 1. The Kier molecular flexibility index (Phi) is 8.56. The molecule has 0 heterocycles. The molecule has 0 aromatic rings. The standard InChI is InChI=1S/C11H8F16O4/c12-4(1-28)2-29-3-5(13,14)30-10(24,25)11(26,27)31-9(22,23)7(17,18)6(15,16)8(19,20)21/h4,28H,1-3H2/t4-/m1/s1. The van der Waals surface area contributed by atoms with Crippen molar-refractivity contribution in [2.24, 2.45) is 0 Å². The Morgan fingerprint density at radius 2 is 1.03 bits per heavy atom. The molecule has 0 saturated heterocycles. The first-order valence-corrected chi connectivity index (χ1v) is 6.93. The van der Waals surface area contributed by atoms with Gasteiger partial charge >= 0.3 is 42.5 Å². The van der Waals surface area contributed by atoms with Gasteiger partial charge in [-0.3, -0.25) is 0 Å². The molecule has 0 aromatic carbocycles. The van der Waals surface area contributed by atoms with E-state index in [1.54, 1.807) is 0 Å². The quantitative estimate of drug-likeness (QED) is 0.393. The zero-order chi connectivity index (χ0) is 25.3. The predicted molar refractivity (Wildman–Crippen MR) is 60.7 cm³/mol. The van der Waals surface area contributed by atoms with Gasteiger partial charge in [-0.2, -0.15) is 65.9 Å². The maximum atomic E-state index is 13.1. The van der Waals surface area contributed by atoms with Gasteiger partial charge in [-0.05, 0) is 0 Å². The molecule has 0 spiro atoms. The van der Waals surface area contributed by atoms with Crippen molar-refractivity contribution in [1.82, 2.24) is 0 Å². The molecule has 0 bridgehead atoms. The van der Waals surface area contributed by atoms with Gasteiger partial charge in [0.05, 0.1) is 13.2 Å². The minimum absolute atomic E-state index is 1.35. The molecule has 0 unspecified atom stereocenters. The van der Waals surface area contributed by atoms with E-state index in [4.69, 9.17) is 5.11 Å². The van der Waals surface area contributed by atoms with Crippen LogP contribution in [0, 0.1) is 0 Å². The van der Waals surface area contributed by atoms with Gasteiger partial charge in [0.25, 0.3) is 0 Å². The second kappa shape index (κ2) is 8.93. The van der Waals surface area contributed by atoms with Crippen molar-refractivity contribution in [3.63, 3.8) is 0 Å². The Labute approximate surface area is 159 Å². The summed E-state index contributed by atoms with van der Waals surface area (Å²) >= 11 is 0. The van der Waals surface area contributed by atoms with Crippen molar-refractivity contribution in [3.05, 3.63) is 0 Å². The maximum absolute atomic E-state index is 13.1. The lowest BCUT2D eigenvalue weighted by atomic mass is 10.1. The lowest BCUT2D eigenvalue weighted by molar-refractivity contribution is -0.543. The molecule has 0 fully saturated rings. The molecule has 0 aromatic heterocycles. The van der Waals surface area contributed by atoms with Crippen LogP contribution < -0.4 is 0 Å². The summed E-state index contributed by atoms with van der Waals surface area (Å²) in [5, 5.41) is 8.17. The smallest absolute Gasteiger partial charge is 0.393 e. The third kappa shape index (κ3) is 6.60. The van der Waals surface area contributed by atoms with E-state index in [0.29, 0.717) is 0 Å². The molecule has 31 heavy (non-hydrogen) atoms. The van der Waals surface area contributed by atoms with E-state index in [2.05, 4.69) is 9.47 Å². The number of hydrogen-bond donors (Lipinski definition) is 1. The van der Waals surface area contributed by atoms with E-state index in [-0.39, 0.29) is 0 Å². The van der Waals surface area contributed by atoms with E-state index in [9.17, 15) is 70.2 Å². The highest BCUT2D eigenvalue weighted by Crippen LogP contribution is 2.55. The average molecular weight is 508 g/mol. The number of hydrogen-bond acceptors (Lipinski definition) is 4. The number of rotatable bonds is 12. The number of ether oxygens (including phenoxy) is 3. The molecule has 0 aliphatic carbocycles. The van der Waals surface area contributed by atoms with E-state index in [1.165, 1.54) is 4.74 Å². The maximum Gasteiger partial charge on any atom is 0.460 e. The third-order valence-corrected chi connectivity index (χ3v) is 2.76. The fraction of sp³-hybridized carbons (Fsp3) is 1.00. The van der Waals surface area contributed by atoms with Gasteiger partial charge in [0.2, 0.25) is 0 Å². The Hall–Kier alpha value is -1.28. The zero-order valence-electron chi connectivity index (χ0n) is 13.9. The highest BCUT2D eigenvalue weighted by molar-refractivity contribution is 4.97. The monoisotopic (exact) mass is 508 g/mol. The van der Waals surface area contributed by atoms with E-state index < -0.39 is 68.4 Å². The van der Waals surface area contributed by atoms with Crippen molar-refractivity contribution in [2.75, 3.05) is 19.8 Å². The summed E-state index contributed by atoms with van der Waals surface area (Å²) in [5.41, 5.74) is 0. The summed E-state index contributed by atoms with van der Waals surface area (Å²) < 4.78 is 210. The van der Waals surface area contributed by atoms with Gasteiger partial charge in [0, 0.05) is 0 Å². The molecular formula is C11H8F16O4. The fourth-order valence-electron chi connectivity index (χ4n) is 1.28. The summed E-state index contributed by atoms with van der Waals surface area (Å²) in [5.74, 6) is -15.8. The van der Waals surface area contributed by atoms with Gasteiger partial charge in [0.1, 0.15) is 12.8 Å². The largest absolute Gasteiger partial charge is 0.460 e. The van der Waals surface area contributed by atoms with Crippen molar-refractivity contribution in [3.8, 4) is 0 Å². The summed E-state index contributed by atoms with van der Waals surface area (Å²) in [6.45, 7) is -5.34. The second-order valence-electron chi connectivity index (χ2n) is 5.33. The van der Waals surface area contributed by atoms with Crippen LogP contribution in [0.5, 0.6) is 0 Å². The SMILES string of the molecule is OC[C@@H](F)COCC(F)(F)OC(F)(F)C(F)(F)OC(F)(F)C(F)(F)C(F)(F)C(F)(F)F. The third-order valence-electron chi connectivity index (χ3n) is 2.76. The highest BCUT2D eigenvalue weighted by atomic mass is 19.4. The summed E-state index contributed by atoms with van der Waals surface area (Å²) in [7, 11) is 0. The first-order chi connectivity index (χ1) is 13.4. The summed E-state index contributed by atoms with van der Waals surface area (Å²) in [6.07, 6.45) is -37.7. The summed E-state index contributed by atoms with van der Waals surface area (Å²) in [4.78, 5) is 0. The van der Waals surface area contributed by atoms with Crippen LogP contribution in [0.25, 0.3) is 0 Å². The number of alkyl halides is 16. The Morgan fingerprint density at radius 1 is 0.613 bits per heavy atom. The lowest BCUT2D eigenvalue weighted by Crippen LogP contribution is -2.64. The molecular weight excluding hydrogens is 500 g/mol. The van der Waals surface area contributed by atoms with Gasteiger partial charge in [-0.1, -0.05) is 0 Å². The number of halogens is 16. The van der Waals surface area contributed by atoms with Crippen molar-refractivity contribution >= 4 is 0 Å². The minimum Gasteiger partial charge on any atom is -0.393 e. The molecule has 0 aliphatic heterocycles. The van der Waals surface area contributed by atoms with Crippen molar-refractivity contribution in [1.29, 1.82) is 0 Å². The molecule has 1 N–H and O–H groups in total. The van der Waals surface area contributed by atoms with Crippen molar-refractivity contribution < 1.29 is 89.6 Å². The molecule has 188 valence electrons. The topological polar surface area (TPSA) is 47.9 Å². The molecule has 0 saturated carbocycles. The molecule has 20 heteroatoms. The van der Waals surface area contributed by atoms with Gasteiger partial charge in [0.15, 0.2) is 0 Å². The molecule has 4 nitrogen and oxygen atoms in total. The Bertz CT molecular complexity index is 589. The van der Waals surface area contributed by atoms with Crippen LogP contribution in [0.2, 0.25) is 0 Å². The Balaban J connectivity index is 5.60. The zero-order valence-corrected chi connectivity index (χ0v) is 13.9. The first-order valence-electron chi connectivity index (χ1n) is 6.93. The minimum atomic E-state index is -7.94.